The smallest absolute Gasteiger partial charge is 0.253 e. The van der Waals surface area contributed by atoms with Crippen molar-refractivity contribution in [3.63, 3.8) is 0 Å². The van der Waals surface area contributed by atoms with E-state index in [1.165, 1.54) is 0 Å². The lowest BCUT2D eigenvalue weighted by atomic mass is 10.1. The number of halogens is 1. The number of carbonyl (C=O) groups excluding carboxylic acids is 2. The first-order valence-electron chi connectivity index (χ1n) is 8.72. The van der Waals surface area contributed by atoms with Crippen molar-refractivity contribution in [3.8, 4) is 0 Å². The molecule has 0 bridgehead atoms. The molecule has 0 atom stereocenters. The summed E-state index contributed by atoms with van der Waals surface area (Å²) >= 11 is 5.97. The SMILES string of the molecule is Cc1ccc(Cl)cc1NC(=O)CNc1cccc(C(=O)N2CCCC2)c1. The van der Waals surface area contributed by atoms with Gasteiger partial charge < -0.3 is 15.5 Å². The largest absolute Gasteiger partial charge is 0.376 e. The van der Waals surface area contributed by atoms with Crippen molar-refractivity contribution in [2.75, 3.05) is 30.3 Å². The molecule has 1 aliphatic heterocycles. The minimum atomic E-state index is -0.174. The highest BCUT2D eigenvalue weighted by molar-refractivity contribution is 6.31. The third-order valence-corrected chi connectivity index (χ3v) is 4.66. The van der Waals surface area contributed by atoms with Gasteiger partial charge in [-0.1, -0.05) is 23.7 Å². The molecule has 6 heteroatoms. The van der Waals surface area contributed by atoms with Gasteiger partial charge in [-0.2, -0.15) is 0 Å². The van der Waals surface area contributed by atoms with E-state index in [-0.39, 0.29) is 18.4 Å². The Bertz CT molecular complexity index is 816. The van der Waals surface area contributed by atoms with Crippen LogP contribution in [0.2, 0.25) is 5.02 Å². The number of rotatable bonds is 5. The second kappa shape index (κ2) is 8.23. The molecule has 1 saturated heterocycles. The van der Waals surface area contributed by atoms with Crippen LogP contribution in [0.1, 0.15) is 28.8 Å². The molecule has 0 aliphatic carbocycles. The Morgan fingerprint density at radius 3 is 2.65 bits per heavy atom. The van der Waals surface area contributed by atoms with Gasteiger partial charge in [-0.3, -0.25) is 9.59 Å². The van der Waals surface area contributed by atoms with E-state index < -0.39 is 0 Å². The third-order valence-electron chi connectivity index (χ3n) is 4.43. The van der Waals surface area contributed by atoms with Gasteiger partial charge in [-0.05, 0) is 55.7 Å². The molecule has 26 heavy (non-hydrogen) atoms. The van der Waals surface area contributed by atoms with E-state index in [0.717, 1.165) is 37.2 Å². The van der Waals surface area contributed by atoms with Crippen LogP contribution >= 0.6 is 11.6 Å². The second-order valence-corrected chi connectivity index (χ2v) is 6.88. The normalized spacial score (nSPS) is 13.5. The van der Waals surface area contributed by atoms with E-state index in [1.807, 2.05) is 30.0 Å². The Morgan fingerprint density at radius 2 is 1.88 bits per heavy atom. The number of hydrogen-bond donors (Lipinski definition) is 2. The van der Waals surface area contributed by atoms with E-state index >= 15 is 0 Å². The maximum absolute atomic E-state index is 12.5. The van der Waals surface area contributed by atoms with Crippen LogP contribution in [0.3, 0.4) is 0 Å². The third kappa shape index (κ3) is 4.55. The van der Waals surface area contributed by atoms with Crippen LogP contribution in [-0.4, -0.2) is 36.3 Å². The van der Waals surface area contributed by atoms with Crippen LogP contribution in [0.4, 0.5) is 11.4 Å². The predicted octanol–water partition coefficient (Wildman–Crippen LogP) is 3.94. The summed E-state index contributed by atoms with van der Waals surface area (Å²) in [5.74, 6) is -0.128. The topological polar surface area (TPSA) is 61.4 Å². The summed E-state index contributed by atoms with van der Waals surface area (Å²) in [6, 6.07) is 12.6. The fraction of sp³-hybridized carbons (Fsp3) is 0.300. The van der Waals surface area contributed by atoms with Crippen molar-refractivity contribution in [2.45, 2.75) is 19.8 Å². The lowest BCUT2D eigenvalue weighted by Crippen LogP contribution is -2.27. The van der Waals surface area contributed by atoms with Gasteiger partial charge in [-0.25, -0.2) is 0 Å². The summed E-state index contributed by atoms with van der Waals surface area (Å²) < 4.78 is 0. The Kier molecular flexibility index (Phi) is 5.78. The lowest BCUT2D eigenvalue weighted by molar-refractivity contribution is -0.114. The first-order chi connectivity index (χ1) is 12.5. The standard InChI is InChI=1S/C20H22ClN3O2/c1-14-7-8-16(21)12-18(14)23-19(25)13-22-17-6-4-5-15(11-17)20(26)24-9-2-3-10-24/h4-8,11-12,22H,2-3,9-10,13H2,1H3,(H,23,25). The molecule has 1 heterocycles. The molecule has 0 aromatic heterocycles. The molecular weight excluding hydrogens is 350 g/mol. The molecular formula is C20H22ClN3O2. The summed E-state index contributed by atoms with van der Waals surface area (Å²) in [6.07, 6.45) is 2.12. The minimum Gasteiger partial charge on any atom is -0.376 e. The van der Waals surface area contributed by atoms with Crippen LogP contribution in [0, 0.1) is 6.92 Å². The van der Waals surface area contributed by atoms with Crippen molar-refractivity contribution in [3.05, 3.63) is 58.6 Å². The Hall–Kier alpha value is -2.53. The van der Waals surface area contributed by atoms with E-state index in [1.54, 1.807) is 24.3 Å². The fourth-order valence-electron chi connectivity index (χ4n) is 2.97. The second-order valence-electron chi connectivity index (χ2n) is 6.44. The maximum Gasteiger partial charge on any atom is 0.253 e. The monoisotopic (exact) mass is 371 g/mol. The fourth-order valence-corrected chi connectivity index (χ4v) is 3.14. The molecule has 2 aromatic rings. The first kappa shape index (κ1) is 18.3. The number of likely N-dealkylation sites (tertiary alicyclic amines) is 1. The van der Waals surface area contributed by atoms with Crippen LogP contribution in [0.25, 0.3) is 0 Å². The molecule has 1 fully saturated rings. The highest BCUT2D eigenvalue weighted by atomic mass is 35.5. The summed E-state index contributed by atoms with van der Waals surface area (Å²) in [4.78, 5) is 26.5. The molecule has 0 saturated carbocycles. The van der Waals surface area contributed by atoms with Crippen LogP contribution in [0.15, 0.2) is 42.5 Å². The minimum absolute atomic E-state index is 0.0464. The van der Waals surface area contributed by atoms with E-state index in [9.17, 15) is 9.59 Å². The average Bonchev–Trinajstić information content (AvgIpc) is 3.17. The number of nitrogens with zero attached hydrogens (tertiary/aromatic N) is 1. The molecule has 5 nitrogen and oxygen atoms in total. The summed E-state index contributed by atoms with van der Waals surface area (Å²) in [7, 11) is 0. The molecule has 136 valence electrons. The van der Waals surface area contributed by atoms with Gasteiger partial charge in [0.1, 0.15) is 0 Å². The number of nitrogens with one attached hydrogen (secondary N) is 2. The van der Waals surface area contributed by atoms with Crippen LogP contribution in [-0.2, 0) is 4.79 Å². The molecule has 0 unspecified atom stereocenters. The van der Waals surface area contributed by atoms with Gasteiger partial charge in [0, 0.05) is 35.1 Å². The Balaban J connectivity index is 1.59. The Morgan fingerprint density at radius 1 is 1.12 bits per heavy atom. The number of hydrogen-bond acceptors (Lipinski definition) is 3. The summed E-state index contributed by atoms with van der Waals surface area (Å²) in [6.45, 7) is 3.65. The van der Waals surface area contributed by atoms with Gasteiger partial charge in [0.25, 0.3) is 5.91 Å². The van der Waals surface area contributed by atoms with Gasteiger partial charge in [0.2, 0.25) is 5.91 Å². The predicted molar refractivity (Wildman–Crippen MR) is 105 cm³/mol. The van der Waals surface area contributed by atoms with Gasteiger partial charge in [-0.15, -0.1) is 0 Å². The lowest BCUT2D eigenvalue weighted by Gasteiger charge is -2.16. The Labute approximate surface area is 158 Å². The number of benzene rings is 2. The number of anilines is 2. The highest BCUT2D eigenvalue weighted by Gasteiger charge is 2.19. The average molecular weight is 372 g/mol. The molecule has 2 amide bonds. The number of aryl methyl sites for hydroxylation is 1. The number of amides is 2. The van der Waals surface area contributed by atoms with Gasteiger partial charge >= 0.3 is 0 Å². The van der Waals surface area contributed by atoms with Crippen molar-refractivity contribution < 1.29 is 9.59 Å². The number of carbonyl (C=O) groups is 2. The van der Waals surface area contributed by atoms with E-state index in [2.05, 4.69) is 10.6 Å². The van der Waals surface area contributed by atoms with Crippen molar-refractivity contribution >= 4 is 34.8 Å². The van der Waals surface area contributed by atoms with Crippen molar-refractivity contribution in [2.24, 2.45) is 0 Å². The van der Waals surface area contributed by atoms with E-state index in [0.29, 0.717) is 16.3 Å². The molecule has 2 N–H and O–H groups in total. The zero-order valence-corrected chi connectivity index (χ0v) is 15.5. The first-order valence-corrected chi connectivity index (χ1v) is 9.10. The van der Waals surface area contributed by atoms with Crippen molar-refractivity contribution in [1.82, 2.24) is 4.90 Å². The van der Waals surface area contributed by atoms with Crippen LogP contribution < -0.4 is 10.6 Å². The molecule has 0 radical (unpaired) electrons. The summed E-state index contributed by atoms with van der Waals surface area (Å²) in [5, 5.41) is 6.49. The molecule has 3 rings (SSSR count). The van der Waals surface area contributed by atoms with Crippen molar-refractivity contribution in [1.29, 1.82) is 0 Å². The zero-order valence-electron chi connectivity index (χ0n) is 14.7. The molecule has 0 spiro atoms. The van der Waals surface area contributed by atoms with Gasteiger partial charge in [0.05, 0.1) is 6.54 Å². The maximum atomic E-state index is 12.5. The van der Waals surface area contributed by atoms with Gasteiger partial charge in [0.15, 0.2) is 0 Å². The summed E-state index contributed by atoms with van der Waals surface area (Å²) in [5.41, 5.74) is 3.03. The quantitative estimate of drug-likeness (QED) is 0.837. The highest BCUT2D eigenvalue weighted by Crippen LogP contribution is 2.20. The zero-order chi connectivity index (χ0) is 18.5. The molecule has 2 aromatic carbocycles. The molecule has 1 aliphatic rings. The van der Waals surface area contributed by atoms with Crippen LogP contribution in [0.5, 0.6) is 0 Å². The van der Waals surface area contributed by atoms with E-state index in [4.69, 9.17) is 11.6 Å².